The molecule has 3 aromatic rings. The number of aromatic amines is 1. The maximum Gasteiger partial charge on any atom is 0.332 e. The molecule has 1 fully saturated rings. The molecule has 0 saturated heterocycles. The molecule has 0 bridgehead atoms. The van der Waals surface area contributed by atoms with E-state index in [1.54, 1.807) is 6.92 Å². The van der Waals surface area contributed by atoms with Crippen LogP contribution in [0.3, 0.4) is 0 Å². The Bertz CT molecular complexity index is 1240. The van der Waals surface area contributed by atoms with Gasteiger partial charge in [-0.1, -0.05) is 67.8 Å². The first-order chi connectivity index (χ1) is 16.0. The average Bonchev–Trinajstić information content (AvgIpc) is 3.49. The highest BCUT2D eigenvalue weighted by Crippen LogP contribution is 2.27. The van der Waals surface area contributed by atoms with Crippen LogP contribution in [0.1, 0.15) is 54.4 Å². The molecule has 4 rings (SSSR count). The Balaban J connectivity index is 1.54. The van der Waals surface area contributed by atoms with Crippen molar-refractivity contribution in [1.29, 1.82) is 0 Å². The summed E-state index contributed by atoms with van der Waals surface area (Å²) in [5, 5.41) is 7.61. The van der Waals surface area contributed by atoms with Gasteiger partial charge in [-0.05, 0) is 18.4 Å². The van der Waals surface area contributed by atoms with Crippen molar-refractivity contribution in [3.8, 4) is 0 Å². The molecule has 9 nitrogen and oxygen atoms in total. The fourth-order valence-electron chi connectivity index (χ4n) is 4.30. The lowest BCUT2D eigenvalue weighted by Gasteiger charge is -2.15. The lowest BCUT2D eigenvalue weighted by Crippen LogP contribution is -2.44. The normalized spacial score (nSPS) is 14.1. The number of thioether (sulfide) groups is 1. The number of nitrogens with two attached hydrogens (primary N) is 1. The Kier molecular flexibility index (Phi) is 7.12. The zero-order valence-corrected chi connectivity index (χ0v) is 19.4. The van der Waals surface area contributed by atoms with E-state index < -0.39 is 17.0 Å². The first-order valence-electron chi connectivity index (χ1n) is 11.2. The lowest BCUT2D eigenvalue weighted by atomic mass is 10.0. The summed E-state index contributed by atoms with van der Waals surface area (Å²) >= 11 is 1.15. The Morgan fingerprint density at radius 3 is 2.61 bits per heavy atom. The lowest BCUT2D eigenvalue weighted by molar-refractivity contribution is 0.102. The highest BCUT2D eigenvalue weighted by molar-refractivity contribution is 7.99. The second-order valence-corrected chi connectivity index (χ2v) is 9.24. The van der Waals surface area contributed by atoms with Crippen molar-refractivity contribution in [3.05, 3.63) is 68.1 Å². The monoisotopic (exact) mass is 468 g/mol. The van der Waals surface area contributed by atoms with Gasteiger partial charge in [0.1, 0.15) is 17.2 Å². The van der Waals surface area contributed by atoms with Crippen LogP contribution in [0.25, 0.3) is 0 Å². The van der Waals surface area contributed by atoms with E-state index in [1.165, 1.54) is 30.3 Å². The molecular formula is C23H28N6O3S. The van der Waals surface area contributed by atoms with E-state index in [4.69, 9.17) is 5.73 Å². The minimum absolute atomic E-state index is 0.0482. The Labute approximate surface area is 195 Å². The van der Waals surface area contributed by atoms with Crippen molar-refractivity contribution in [2.45, 2.75) is 57.3 Å². The van der Waals surface area contributed by atoms with Crippen molar-refractivity contribution in [1.82, 2.24) is 24.3 Å². The van der Waals surface area contributed by atoms with Crippen molar-refractivity contribution in [2.75, 3.05) is 11.5 Å². The number of benzene rings is 1. The van der Waals surface area contributed by atoms with Gasteiger partial charge < -0.3 is 5.73 Å². The first-order valence-corrected chi connectivity index (χ1v) is 12.2. The molecule has 174 valence electrons. The van der Waals surface area contributed by atoms with Crippen LogP contribution in [0, 0.1) is 5.92 Å². The largest absolute Gasteiger partial charge is 0.384 e. The van der Waals surface area contributed by atoms with Gasteiger partial charge in [0.2, 0.25) is 5.16 Å². The van der Waals surface area contributed by atoms with Gasteiger partial charge in [-0.3, -0.25) is 23.8 Å². The third kappa shape index (κ3) is 5.11. The summed E-state index contributed by atoms with van der Waals surface area (Å²) in [4.78, 5) is 43.3. The van der Waals surface area contributed by atoms with E-state index in [0.717, 1.165) is 34.1 Å². The van der Waals surface area contributed by atoms with Crippen LogP contribution in [-0.4, -0.2) is 35.9 Å². The Morgan fingerprint density at radius 2 is 1.91 bits per heavy atom. The molecule has 0 atom stereocenters. The second-order valence-electron chi connectivity index (χ2n) is 8.30. The van der Waals surface area contributed by atoms with E-state index in [0.29, 0.717) is 11.1 Å². The van der Waals surface area contributed by atoms with Gasteiger partial charge in [-0.2, -0.15) is 0 Å². The molecule has 1 aromatic carbocycles. The number of anilines is 1. The number of hydrogen-bond donors (Lipinski definition) is 2. The highest BCUT2D eigenvalue weighted by Gasteiger charge is 2.23. The second kappa shape index (κ2) is 10.2. The van der Waals surface area contributed by atoms with Gasteiger partial charge in [0.25, 0.3) is 5.56 Å². The smallest absolute Gasteiger partial charge is 0.332 e. The number of hydrogen-bond acceptors (Lipinski definition) is 7. The Hall–Kier alpha value is -3.14. The molecule has 0 amide bonds. The topological polar surface area (TPSA) is 129 Å². The maximum atomic E-state index is 13.0. The number of rotatable bonds is 9. The molecule has 33 heavy (non-hydrogen) atoms. The summed E-state index contributed by atoms with van der Waals surface area (Å²) in [7, 11) is 0. The molecule has 0 spiro atoms. The van der Waals surface area contributed by atoms with E-state index in [1.807, 2.05) is 30.3 Å². The van der Waals surface area contributed by atoms with Crippen LogP contribution in [0.15, 0.2) is 45.1 Å². The van der Waals surface area contributed by atoms with E-state index in [9.17, 15) is 14.4 Å². The zero-order chi connectivity index (χ0) is 23.4. The van der Waals surface area contributed by atoms with Gasteiger partial charge in [-0.15, -0.1) is 5.10 Å². The molecule has 2 heterocycles. The zero-order valence-electron chi connectivity index (χ0n) is 18.6. The van der Waals surface area contributed by atoms with Crippen LogP contribution in [0.5, 0.6) is 0 Å². The number of nitrogens with one attached hydrogen (secondary N) is 1. The summed E-state index contributed by atoms with van der Waals surface area (Å²) in [6.45, 7) is 2.00. The summed E-state index contributed by atoms with van der Waals surface area (Å²) in [6.07, 6.45) is 5.81. The number of nitrogen functional groups attached to an aromatic ring is 1. The van der Waals surface area contributed by atoms with Crippen molar-refractivity contribution >= 4 is 23.4 Å². The molecule has 3 N–H and O–H groups in total. The van der Waals surface area contributed by atoms with E-state index in [2.05, 4.69) is 15.2 Å². The van der Waals surface area contributed by atoms with Gasteiger partial charge in [-0.25, -0.2) is 9.78 Å². The van der Waals surface area contributed by atoms with Crippen LogP contribution in [-0.2, 0) is 19.5 Å². The predicted molar refractivity (Wildman–Crippen MR) is 128 cm³/mol. The van der Waals surface area contributed by atoms with Crippen LogP contribution in [0.4, 0.5) is 5.82 Å². The van der Waals surface area contributed by atoms with Crippen LogP contribution < -0.4 is 17.0 Å². The number of Topliss-reactive ketones (excluding diaryl/α,β-unsaturated/α-hetero) is 1. The standard InChI is InChI=1S/C23H28N6O3S/c1-2-28-21(31)19(20(24)29(23(28)32)13-16-10-4-3-5-11-16)17(30)14-33-22-25-18(26-27-22)12-15-8-6-7-9-15/h3-5,10-11,15H,2,6-9,12-14,24H2,1H3,(H,25,26,27). The molecule has 0 radical (unpaired) electrons. The number of aromatic nitrogens is 5. The first kappa shape index (κ1) is 23.0. The minimum Gasteiger partial charge on any atom is -0.384 e. The van der Waals surface area contributed by atoms with E-state index >= 15 is 0 Å². The fourth-order valence-corrected chi connectivity index (χ4v) is 4.99. The maximum absolute atomic E-state index is 13.0. The number of carbonyl (C=O) groups excluding carboxylic acids is 1. The molecular weight excluding hydrogens is 440 g/mol. The summed E-state index contributed by atoms with van der Waals surface area (Å²) in [5.74, 6) is 0.846. The number of nitrogens with zero attached hydrogens (tertiary/aromatic N) is 4. The molecule has 1 saturated carbocycles. The molecule has 10 heteroatoms. The quantitative estimate of drug-likeness (QED) is 0.365. The van der Waals surface area contributed by atoms with Crippen molar-refractivity contribution < 1.29 is 4.79 Å². The number of ketones is 1. The number of H-pyrrole nitrogens is 1. The SMILES string of the molecule is CCn1c(=O)c(C(=O)CSc2n[nH]c(CC3CCCC3)n2)c(N)n(Cc2ccccc2)c1=O. The Morgan fingerprint density at radius 1 is 1.18 bits per heavy atom. The fraction of sp³-hybridized carbons (Fsp3) is 0.435. The molecule has 2 aromatic heterocycles. The summed E-state index contributed by atoms with van der Waals surface area (Å²) in [5.41, 5.74) is 5.69. The van der Waals surface area contributed by atoms with Gasteiger partial charge in [0.05, 0.1) is 12.3 Å². The minimum atomic E-state index is -0.660. The van der Waals surface area contributed by atoms with Crippen LogP contribution in [0.2, 0.25) is 0 Å². The van der Waals surface area contributed by atoms with Crippen LogP contribution >= 0.6 is 11.8 Å². The van der Waals surface area contributed by atoms with Crippen molar-refractivity contribution in [2.24, 2.45) is 5.92 Å². The third-order valence-corrected chi connectivity index (χ3v) is 6.89. The van der Waals surface area contributed by atoms with Gasteiger partial charge in [0, 0.05) is 13.0 Å². The van der Waals surface area contributed by atoms with Crippen molar-refractivity contribution in [3.63, 3.8) is 0 Å². The van der Waals surface area contributed by atoms with E-state index in [-0.39, 0.29) is 30.2 Å². The van der Waals surface area contributed by atoms with Gasteiger partial charge in [0.15, 0.2) is 5.78 Å². The molecule has 0 aliphatic heterocycles. The summed E-state index contributed by atoms with van der Waals surface area (Å²) in [6, 6.07) is 9.30. The van der Waals surface area contributed by atoms with Gasteiger partial charge >= 0.3 is 5.69 Å². The highest BCUT2D eigenvalue weighted by atomic mass is 32.2. The molecule has 0 unspecified atom stereocenters. The number of carbonyl (C=O) groups is 1. The average molecular weight is 469 g/mol. The molecule has 1 aliphatic carbocycles. The molecule has 1 aliphatic rings. The summed E-state index contributed by atoms with van der Waals surface area (Å²) < 4.78 is 2.33. The third-order valence-electron chi connectivity index (χ3n) is 6.05. The predicted octanol–water partition coefficient (Wildman–Crippen LogP) is 2.49.